The van der Waals surface area contributed by atoms with Gasteiger partial charge in [-0.05, 0) is 37.8 Å². The van der Waals surface area contributed by atoms with Gasteiger partial charge in [0.25, 0.3) is 5.69 Å². The van der Waals surface area contributed by atoms with Crippen LogP contribution < -0.4 is 5.32 Å². The highest BCUT2D eigenvalue weighted by Crippen LogP contribution is 2.19. The van der Waals surface area contributed by atoms with Gasteiger partial charge in [0.15, 0.2) is 0 Å². The predicted octanol–water partition coefficient (Wildman–Crippen LogP) is 3.39. The fraction of sp³-hybridized carbons (Fsp3) is 0.538. The van der Waals surface area contributed by atoms with Crippen molar-refractivity contribution < 1.29 is 4.92 Å². The van der Waals surface area contributed by atoms with E-state index in [0.29, 0.717) is 6.04 Å². The molecule has 0 aliphatic rings. The first-order valence-electron chi connectivity index (χ1n) is 6.04. The number of nitro groups is 1. The van der Waals surface area contributed by atoms with E-state index in [4.69, 9.17) is 0 Å². The van der Waals surface area contributed by atoms with Crippen LogP contribution in [0.15, 0.2) is 24.3 Å². The first-order chi connectivity index (χ1) is 8.54. The van der Waals surface area contributed by atoms with Crippen LogP contribution in [0.25, 0.3) is 0 Å². The van der Waals surface area contributed by atoms with Crippen LogP contribution in [-0.4, -0.2) is 23.0 Å². The van der Waals surface area contributed by atoms with E-state index in [0.717, 1.165) is 17.7 Å². The fourth-order valence-corrected chi connectivity index (χ4v) is 2.40. The van der Waals surface area contributed by atoms with E-state index in [1.807, 2.05) is 24.8 Å². The standard InChI is InChI=1S/C13H20N2O2S/c1-10(7-8-18-3)14-11(2)12-5-4-6-13(9-12)15(16)17/h4-6,9-11,14H,7-8H2,1-3H3. The van der Waals surface area contributed by atoms with Gasteiger partial charge in [0.2, 0.25) is 0 Å². The Morgan fingerprint density at radius 1 is 1.44 bits per heavy atom. The number of benzene rings is 1. The van der Waals surface area contributed by atoms with Gasteiger partial charge in [-0.3, -0.25) is 10.1 Å². The molecule has 0 aromatic heterocycles. The Labute approximate surface area is 112 Å². The lowest BCUT2D eigenvalue weighted by molar-refractivity contribution is -0.384. The van der Waals surface area contributed by atoms with Gasteiger partial charge >= 0.3 is 0 Å². The van der Waals surface area contributed by atoms with E-state index in [2.05, 4.69) is 18.5 Å². The number of hydrogen-bond donors (Lipinski definition) is 1. The van der Waals surface area contributed by atoms with Crippen molar-refractivity contribution in [3.05, 3.63) is 39.9 Å². The van der Waals surface area contributed by atoms with Gasteiger partial charge in [0.05, 0.1) is 4.92 Å². The monoisotopic (exact) mass is 268 g/mol. The Balaban J connectivity index is 2.63. The lowest BCUT2D eigenvalue weighted by Gasteiger charge is -2.20. The molecule has 0 aliphatic carbocycles. The van der Waals surface area contributed by atoms with Gasteiger partial charge in [-0.15, -0.1) is 0 Å². The number of nitro benzene ring substituents is 1. The number of hydrogen-bond acceptors (Lipinski definition) is 4. The van der Waals surface area contributed by atoms with Gasteiger partial charge < -0.3 is 5.32 Å². The molecule has 1 rings (SSSR count). The van der Waals surface area contributed by atoms with E-state index in [1.165, 1.54) is 6.07 Å². The van der Waals surface area contributed by atoms with E-state index in [-0.39, 0.29) is 16.7 Å². The van der Waals surface area contributed by atoms with Crippen LogP contribution in [0.5, 0.6) is 0 Å². The number of thioether (sulfide) groups is 1. The van der Waals surface area contributed by atoms with Crippen LogP contribution in [0.4, 0.5) is 5.69 Å². The van der Waals surface area contributed by atoms with E-state index < -0.39 is 0 Å². The van der Waals surface area contributed by atoms with E-state index in [1.54, 1.807) is 12.1 Å². The molecule has 2 unspecified atom stereocenters. The third kappa shape index (κ3) is 4.66. The van der Waals surface area contributed by atoms with Crippen LogP contribution >= 0.6 is 11.8 Å². The second-order valence-electron chi connectivity index (χ2n) is 4.42. The van der Waals surface area contributed by atoms with Crippen LogP contribution in [0.3, 0.4) is 0 Å². The van der Waals surface area contributed by atoms with Crippen molar-refractivity contribution in [3.63, 3.8) is 0 Å². The summed E-state index contributed by atoms with van der Waals surface area (Å²) >= 11 is 1.83. The lowest BCUT2D eigenvalue weighted by Crippen LogP contribution is -2.29. The molecule has 1 aromatic rings. The molecule has 0 bridgehead atoms. The molecule has 0 aliphatic heterocycles. The molecule has 4 nitrogen and oxygen atoms in total. The fourth-order valence-electron chi connectivity index (χ4n) is 1.81. The number of non-ortho nitro benzene ring substituents is 1. The van der Waals surface area contributed by atoms with Crippen LogP contribution in [0, 0.1) is 10.1 Å². The molecule has 0 radical (unpaired) electrons. The summed E-state index contributed by atoms with van der Waals surface area (Å²) in [6.07, 6.45) is 3.19. The first kappa shape index (κ1) is 15.0. The number of nitrogens with one attached hydrogen (secondary N) is 1. The van der Waals surface area contributed by atoms with Gasteiger partial charge in [-0.1, -0.05) is 12.1 Å². The van der Waals surface area contributed by atoms with Crippen LogP contribution in [0.2, 0.25) is 0 Å². The van der Waals surface area contributed by atoms with Crippen molar-refractivity contribution in [3.8, 4) is 0 Å². The smallest absolute Gasteiger partial charge is 0.269 e. The van der Waals surface area contributed by atoms with Crippen molar-refractivity contribution in [2.24, 2.45) is 0 Å². The maximum absolute atomic E-state index is 10.7. The molecule has 5 heteroatoms. The summed E-state index contributed by atoms with van der Waals surface area (Å²) in [7, 11) is 0. The molecular formula is C13H20N2O2S. The molecule has 1 N–H and O–H groups in total. The quantitative estimate of drug-likeness (QED) is 0.608. The van der Waals surface area contributed by atoms with Crippen LogP contribution in [-0.2, 0) is 0 Å². The summed E-state index contributed by atoms with van der Waals surface area (Å²) < 4.78 is 0. The lowest BCUT2D eigenvalue weighted by atomic mass is 10.1. The van der Waals surface area contributed by atoms with Crippen molar-refractivity contribution in [2.45, 2.75) is 32.4 Å². The van der Waals surface area contributed by atoms with Crippen molar-refractivity contribution >= 4 is 17.4 Å². The van der Waals surface area contributed by atoms with Gasteiger partial charge in [0.1, 0.15) is 0 Å². The van der Waals surface area contributed by atoms with Crippen molar-refractivity contribution in [1.82, 2.24) is 5.32 Å². The van der Waals surface area contributed by atoms with Gasteiger partial charge in [0, 0.05) is 24.2 Å². The highest BCUT2D eigenvalue weighted by Gasteiger charge is 2.12. The Morgan fingerprint density at radius 3 is 2.78 bits per heavy atom. The summed E-state index contributed by atoms with van der Waals surface area (Å²) in [6.45, 7) is 4.18. The average Bonchev–Trinajstić information content (AvgIpc) is 2.36. The molecule has 18 heavy (non-hydrogen) atoms. The first-order valence-corrected chi connectivity index (χ1v) is 7.43. The molecule has 0 fully saturated rings. The summed E-state index contributed by atoms with van der Waals surface area (Å²) in [5, 5.41) is 14.2. The van der Waals surface area contributed by atoms with E-state index >= 15 is 0 Å². The minimum Gasteiger partial charge on any atom is -0.308 e. The number of nitrogens with zero attached hydrogens (tertiary/aromatic N) is 1. The normalized spacial score (nSPS) is 14.2. The van der Waals surface area contributed by atoms with Crippen molar-refractivity contribution in [2.75, 3.05) is 12.0 Å². The summed E-state index contributed by atoms with van der Waals surface area (Å²) in [4.78, 5) is 10.4. The molecule has 2 atom stereocenters. The van der Waals surface area contributed by atoms with Gasteiger partial charge in [-0.2, -0.15) is 11.8 Å². The number of rotatable bonds is 7. The highest BCUT2D eigenvalue weighted by molar-refractivity contribution is 7.98. The van der Waals surface area contributed by atoms with Gasteiger partial charge in [-0.25, -0.2) is 0 Å². The average molecular weight is 268 g/mol. The molecule has 0 amide bonds. The minimum atomic E-state index is -0.354. The Kier molecular flexibility index (Phi) is 6.15. The molecule has 1 aromatic carbocycles. The highest BCUT2D eigenvalue weighted by atomic mass is 32.2. The SMILES string of the molecule is CSCCC(C)NC(C)c1cccc([N+](=O)[O-])c1. The Morgan fingerprint density at radius 2 is 2.17 bits per heavy atom. The Hall–Kier alpha value is -1.07. The van der Waals surface area contributed by atoms with E-state index in [9.17, 15) is 10.1 Å². The molecular weight excluding hydrogens is 248 g/mol. The molecule has 0 spiro atoms. The zero-order chi connectivity index (χ0) is 13.5. The molecule has 0 saturated heterocycles. The second-order valence-corrected chi connectivity index (χ2v) is 5.41. The Bertz CT molecular complexity index is 398. The topological polar surface area (TPSA) is 55.2 Å². The largest absolute Gasteiger partial charge is 0.308 e. The minimum absolute atomic E-state index is 0.127. The molecule has 0 saturated carbocycles. The second kappa shape index (κ2) is 7.38. The summed E-state index contributed by atoms with van der Waals surface area (Å²) in [5.74, 6) is 1.12. The maximum Gasteiger partial charge on any atom is 0.269 e. The summed E-state index contributed by atoms with van der Waals surface area (Å²) in [5.41, 5.74) is 1.11. The van der Waals surface area contributed by atoms with Crippen molar-refractivity contribution in [1.29, 1.82) is 0 Å². The predicted molar refractivity (Wildman–Crippen MR) is 77.1 cm³/mol. The summed E-state index contributed by atoms with van der Waals surface area (Å²) in [6, 6.07) is 7.35. The zero-order valence-electron chi connectivity index (χ0n) is 11.1. The molecule has 0 heterocycles. The van der Waals surface area contributed by atoms with Crippen LogP contribution in [0.1, 0.15) is 31.9 Å². The zero-order valence-corrected chi connectivity index (χ0v) is 11.9. The third-order valence-corrected chi connectivity index (χ3v) is 3.51. The third-order valence-electron chi connectivity index (χ3n) is 2.87. The maximum atomic E-state index is 10.7. The molecule has 100 valence electrons.